The summed E-state index contributed by atoms with van der Waals surface area (Å²) in [5, 5.41) is 0. The van der Waals surface area contributed by atoms with Gasteiger partial charge in [0.15, 0.2) is 0 Å². The molecule has 1 aliphatic rings. The first kappa shape index (κ1) is 13.5. The van der Waals surface area contributed by atoms with Crippen LogP contribution in [0, 0.1) is 11.3 Å². The van der Waals surface area contributed by atoms with Crippen molar-refractivity contribution in [2.75, 3.05) is 19.6 Å². The molecule has 0 radical (unpaired) electrons. The summed E-state index contributed by atoms with van der Waals surface area (Å²) in [6.45, 7) is 8.84. The van der Waals surface area contributed by atoms with Crippen LogP contribution in [0.1, 0.15) is 46.5 Å². The van der Waals surface area contributed by atoms with E-state index in [1.165, 1.54) is 6.42 Å². The Bertz CT molecular complexity index is 227. The lowest BCUT2D eigenvalue weighted by molar-refractivity contribution is -0.137. The monoisotopic (exact) mass is 226 g/mol. The number of piperidine rings is 1. The number of nitrogens with two attached hydrogens (primary N) is 1. The summed E-state index contributed by atoms with van der Waals surface area (Å²) in [4.78, 5) is 14.3. The molecule has 1 heterocycles. The van der Waals surface area contributed by atoms with E-state index in [4.69, 9.17) is 5.73 Å². The standard InChI is InChI=1S/C13H26N2O/c1-13(2,3)9-11(10-14)12(16)15-7-5-4-6-8-15/h11H,4-10,14H2,1-3H3. The van der Waals surface area contributed by atoms with E-state index in [0.29, 0.717) is 6.54 Å². The zero-order chi connectivity index (χ0) is 12.2. The molecule has 0 bridgehead atoms. The molecule has 1 atom stereocenters. The summed E-state index contributed by atoms with van der Waals surface area (Å²) >= 11 is 0. The number of rotatable bonds is 3. The largest absolute Gasteiger partial charge is 0.342 e. The molecule has 0 aromatic carbocycles. The van der Waals surface area contributed by atoms with Crippen LogP contribution < -0.4 is 5.73 Å². The average Bonchev–Trinajstić information content (AvgIpc) is 2.25. The van der Waals surface area contributed by atoms with Gasteiger partial charge in [-0.25, -0.2) is 0 Å². The number of hydrogen-bond donors (Lipinski definition) is 1. The first-order valence-corrected chi connectivity index (χ1v) is 6.43. The van der Waals surface area contributed by atoms with Crippen molar-refractivity contribution in [3.05, 3.63) is 0 Å². The Hall–Kier alpha value is -0.570. The first-order valence-electron chi connectivity index (χ1n) is 6.43. The smallest absolute Gasteiger partial charge is 0.226 e. The molecule has 0 aromatic rings. The number of likely N-dealkylation sites (tertiary alicyclic amines) is 1. The maximum absolute atomic E-state index is 12.3. The fourth-order valence-corrected chi connectivity index (χ4v) is 2.38. The fraction of sp³-hybridized carbons (Fsp3) is 0.923. The second kappa shape index (κ2) is 5.67. The van der Waals surface area contributed by atoms with Crippen LogP contribution in [-0.2, 0) is 4.79 Å². The van der Waals surface area contributed by atoms with Crippen LogP contribution in [-0.4, -0.2) is 30.4 Å². The summed E-state index contributed by atoms with van der Waals surface area (Å²) in [5.74, 6) is 0.287. The fourth-order valence-electron chi connectivity index (χ4n) is 2.38. The van der Waals surface area contributed by atoms with E-state index in [2.05, 4.69) is 20.8 Å². The van der Waals surface area contributed by atoms with Gasteiger partial charge in [-0.3, -0.25) is 4.79 Å². The maximum atomic E-state index is 12.3. The molecule has 0 aromatic heterocycles. The van der Waals surface area contributed by atoms with Crippen molar-refractivity contribution in [3.63, 3.8) is 0 Å². The van der Waals surface area contributed by atoms with Gasteiger partial charge in [0.05, 0.1) is 5.92 Å². The van der Waals surface area contributed by atoms with Crippen LogP contribution >= 0.6 is 0 Å². The van der Waals surface area contributed by atoms with Crippen molar-refractivity contribution in [1.29, 1.82) is 0 Å². The van der Waals surface area contributed by atoms with Crippen molar-refractivity contribution in [3.8, 4) is 0 Å². The van der Waals surface area contributed by atoms with Gasteiger partial charge in [-0.15, -0.1) is 0 Å². The molecular formula is C13H26N2O. The lowest BCUT2D eigenvalue weighted by Gasteiger charge is -2.32. The molecule has 94 valence electrons. The van der Waals surface area contributed by atoms with Gasteiger partial charge >= 0.3 is 0 Å². The van der Waals surface area contributed by atoms with E-state index >= 15 is 0 Å². The minimum atomic E-state index is 0.0121. The minimum Gasteiger partial charge on any atom is -0.342 e. The molecule has 1 aliphatic heterocycles. The van der Waals surface area contributed by atoms with Crippen LogP contribution in [0.3, 0.4) is 0 Å². The molecule has 16 heavy (non-hydrogen) atoms. The Balaban J connectivity index is 2.54. The highest BCUT2D eigenvalue weighted by Crippen LogP contribution is 2.25. The van der Waals surface area contributed by atoms with Gasteiger partial charge in [0.25, 0.3) is 0 Å². The number of hydrogen-bond acceptors (Lipinski definition) is 2. The van der Waals surface area contributed by atoms with Crippen molar-refractivity contribution < 1.29 is 4.79 Å². The molecule has 1 fully saturated rings. The third kappa shape index (κ3) is 4.12. The van der Waals surface area contributed by atoms with Crippen LogP contribution in [0.15, 0.2) is 0 Å². The number of carbonyl (C=O) groups is 1. The Morgan fingerprint density at radius 1 is 1.25 bits per heavy atom. The highest BCUT2D eigenvalue weighted by atomic mass is 16.2. The van der Waals surface area contributed by atoms with Crippen LogP contribution in [0.25, 0.3) is 0 Å². The van der Waals surface area contributed by atoms with E-state index in [9.17, 15) is 4.79 Å². The minimum absolute atomic E-state index is 0.0121. The highest BCUT2D eigenvalue weighted by Gasteiger charge is 2.28. The van der Waals surface area contributed by atoms with E-state index in [1.54, 1.807) is 0 Å². The topological polar surface area (TPSA) is 46.3 Å². The molecule has 1 amide bonds. The average molecular weight is 226 g/mol. The Morgan fingerprint density at radius 2 is 1.81 bits per heavy atom. The molecule has 0 aliphatic carbocycles. The van der Waals surface area contributed by atoms with E-state index in [1.807, 2.05) is 4.90 Å². The Kier molecular flexibility index (Phi) is 4.78. The third-order valence-electron chi connectivity index (χ3n) is 3.16. The van der Waals surface area contributed by atoms with Crippen molar-refractivity contribution in [2.24, 2.45) is 17.1 Å². The highest BCUT2D eigenvalue weighted by molar-refractivity contribution is 5.79. The molecule has 1 unspecified atom stereocenters. The molecule has 1 rings (SSSR count). The van der Waals surface area contributed by atoms with E-state index < -0.39 is 0 Å². The SMILES string of the molecule is CC(C)(C)CC(CN)C(=O)N1CCCCC1. The second-order valence-corrected chi connectivity index (χ2v) is 6.08. The number of amides is 1. The zero-order valence-corrected chi connectivity index (χ0v) is 11.0. The predicted octanol–water partition coefficient (Wildman–Crippen LogP) is 2.01. The maximum Gasteiger partial charge on any atom is 0.226 e. The summed E-state index contributed by atoms with van der Waals surface area (Å²) in [6, 6.07) is 0. The summed E-state index contributed by atoms with van der Waals surface area (Å²) in [5.41, 5.74) is 5.92. The Labute approximate surface area is 99.4 Å². The molecule has 1 saturated heterocycles. The third-order valence-corrected chi connectivity index (χ3v) is 3.16. The number of nitrogens with zero attached hydrogens (tertiary/aromatic N) is 1. The molecule has 3 nitrogen and oxygen atoms in total. The summed E-state index contributed by atoms with van der Waals surface area (Å²) < 4.78 is 0. The van der Waals surface area contributed by atoms with Crippen molar-refractivity contribution in [1.82, 2.24) is 4.90 Å². The molecule has 2 N–H and O–H groups in total. The quantitative estimate of drug-likeness (QED) is 0.800. The first-order chi connectivity index (χ1) is 7.44. The van der Waals surface area contributed by atoms with Crippen molar-refractivity contribution in [2.45, 2.75) is 46.5 Å². The predicted molar refractivity (Wildman–Crippen MR) is 67.0 cm³/mol. The van der Waals surface area contributed by atoms with Gasteiger partial charge < -0.3 is 10.6 Å². The van der Waals surface area contributed by atoms with Crippen LogP contribution in [0.5, 0.6) is 0 Å². The van der Waals surface area contributed by atoms with Gasteiger partial charge in [0.1, 0.15) is 0 Å². The molecule has 3 heteroatoms. The zero-order valence-electron chi connectivity index (χ0n) is 11.0. The van der Waals surface area contributed by atoms with Gasteiger partial charge in [0, 0.05) is 19.6 Å². The molecular weight excluding hydrogens is 200 g/mol. The molecule has 0 saturated carbocycles. The summed E-state index contributed by atoms with van der Waals surface area (Å²) in [7, 11) is 0. The van der Waals surface area contributed by atoms with Crippen LogP contribution in [0.2, 0.25) is 0 Å². The van der Waals surface area contributed by atoms with Gasteiger partial charge in [-0.1, -0.05) is 20.8 Å². The normalized spacial score (nSPS) is 19.6. The van der Waals surface area contributed by atoms with Gasteiger partial charge in [-0.2, -0.15) is 0 Å². The van der Waals surface area contributed by atoms with E-state index in [0.717, 1.165) is 32.4 Å². The van der Waals surface area contributed by atoms with Gasteiger partial charge in [-0.05, 0) is 31.1 Å². The Morgan fingerprint density at radius 3 is 2.25 bits per heavy atom. The summed E-state index contributed by atoms with van der Waals surface area (Å²) in [6.07, 6.45) is 4.45. The molecule has 0 spiro atoms. The second-order valence-electron chi connectivity index (χ2n) is 6.08. The van der Waals surface area contributed by atoms with Crippen LogP contribution in [0.4, 0.5) is 0 Å². The number of carbonyl (C=O) groups excluding carboxylic acids is 1. The lowest BCUT2D eigenvalue weighted by atomic mass is 9.84. The van der Waals surface area contributed by atoms with E-state index in [-0.39, 0.29) is 17.2 Å². The lowest BCUT2D eigenvalue weighted by Crippen LogP contribution is -2.43. The van der Waals surface area contributed by atoms with Gasteiger partial charge in [0.2, 0.25) is 5.91 Å². The van der Waals surface area contributed by atoms with Crippen molar-refractivity contribution >= 4 is 5.91 Å².